The number of likely N-dealkylation sites (tertiary alicyclic amines) is 1. The standard InChI is InChI=1S/C21H26N2O6S/c1-21(2,3)19-14(12-23(19)20(25)26)13-29-16-9-10-22(18(24)11-16)15-5-7-17(8-6-15)30(4,27)28/h5-11,14,19H,12-13H2,1-4H3,(H,25,26). The van der Waals surface area contributed by atoms with E-state index >= 15 is 0 Å². The number of rotatable bonds is 5. The van der Waals surface area contributed by atoms with Gasteiger partial charge in [0.15, 0.2) is 9.84 Å². The van der Waals surface area contributed by atoms with Crippen LogP contribution in [0.2, 0.25) is 0 Å². The van der Waals surface area contributed by atoms with Crippen molar-refractivity contribution in [2.75, 3.05) is 19.4 Å². The van der Waals surface area contributed by atoms with Crippen molar-refractivity contribution in [3.05, 3.63) is 52.9 Å². The summed E-state index contributed by atoms with van der Waals surface area (Å²) in [6.45, 7) is 6.71. The quantitative estimate of drug-likeness (QED) is 0.776. The molecule has 1 aliphatic heterocycles. The van der Waals surface area contributed by atoms with Crippen molar-refractivity contribution in [2.45, 2.75) is 31.7 Å². The highest BCUT2D eigenvalue weighted by molar-refractivity contribution is 7.90. The van der Waals surface area contributed by atoms with Gasteiger partial charge in [-0.3, -0.25) is 9.36 Å². The van der Waals surface area contributed by atoms with Crippen LogP contribution >= 0.6 is 0 Å². The number of carbonyl (C=O) groups is 1. The number of nitrogens with zero attached hydrogens (tertiary/aromatic N) is 2. The Bertz CT molecular complexity index is 1100. The molecule has 1 N–H and O–H groups in total. The maximum absolute atomic E-state index is 12.5. The number of benzene rings is 1. The van der Waals surface area contributed by atoms with Crippen LogP contribution in [0.25, 0.3) is 5.69 Å². The lowest BCUT2D eigenvalue weighted by atomic mass is 9.72. The maximum atomic E-state index is 12.5. The van der Waals surface area contributed by atoms with E-state index in [-0.39, 0.29) is 27.8 Å². The predicted octanol–water partition coefficient (Wildman–Crippen LogP) is 2.64. The fraction of sp³-hybridized carbons (Fsp3) is 0.429. The molecule has 1 aromatic carbocycles. The first kappa shape index (κ1) is 21.9. The van der Waals surface area contributed by atoms with Gasteiger partial charge in [-0.15, -0.1) is 0 Å². The number of amides is 1. The van der Waals surface area contributed by atoms with E-state index < -0.39 is 15.9 Å². The zero-order valence-electron chi connectivity index (χ0n) is 17.4. The van der Waals surface area contributed by atoms with Gasteiger partial charge in [0.25, 0.3) is 5.56 Å². The van der Waals surface area contributed by atoms with Gasteiger partial charge in [0.2, 0.25) is 0 Å². The van der Waals surface area contributed by atoms with E-state index in [0.29, 0.717) is 24.6 Å². The summed E-state index contributed by atoms with van der Waals surface area (Å²) in [6.07, 6.45) is 1.76. The zero-order chi connectivity index (χ0) is 22.3. The van der Waals surface area contributed by atoms with Crippen molar-refractivity contribution in [3.8, 4) is 11.4 Å². The topological polar surface area (TPSA) is 106 Å². The van der Waals surface area contributed by atoms with E-state index in [1.54, 1.807) is 24.4 Å². The molecule has 2 aromatic rings. The largest absolute Gasteiger partial charge is 0.493 e. The second-order valence-corrected chi connectivity index (χ2v) is 10.7. The lowest BCUT2D eigenvalue weighted by Crippen LogP contribution is -2.64. The van der Waals surface area contributed by atoms with Gasteiger partial charge < -0.3 is 14.7 Å². The smallest absolute Gasteiger partial charge is 0.407 e. The normalized spacial score (nSPS) is 19.3. The highest BCUT2D eigenvalue weighted by Crippen LogP contribution is 2.38. The highest BCUT2D eigenvalue weighted by Gasteiger charge is 2.48. The molecule has 1 amide bonds. The van der Waals surface area contributed by atoms with Crippen LogP contribution in [0.15, 0.2) is 52.3 Å². The number of carboxylic acid groups (broad SMARTS) is 1. The molecule has 2 heterocycles. The van der Waals surface area contributed by atoms with Gasteiger partial charge in [-0.05, 0) is 35.7 Å². The summed E-state index contributed by atoms with van der Waals surface area (Å²) < 4.78 is 30.3. The van der Waals surface area contributed by atoms with Crippen LogP contribution < -0.4 is 10.3 Å². The third kappa shape index (κ3) is 4.51. The van der Waals surface area contributed by atoms with Gasteiger partial charge in [-0.25, -0.2) is 13.2 Å². The number of ether oxygens (including phenoxy) is 1. The summed E-state index contributed by atoms with van der Waals surface area (Å²) >= 11 is 0. The number of sulfone groups is 1. The zero-order valence-corrected chi connectivity index (χ0v) is 18.2. The second-order valence-electron chi connectivity index (χ2n) is 8.65. The number of pyridine rings is 1. The maximum Gasteiger partial charge on any atom is 0.407 e. The van der Waals surface area contributed by atoms with Gasteiger partial charge in [0, 0.05) is 42.7 Å². The number of hydrogen-bond acceptors (Lipinski definition) is 5. The Morgan fingerprint density at radius 3 is 2.33 bits per heavy atom. The molecule has 0 bridgehead atoms. The lowest BCUT2D eigenvalue weighted by molar-refractivity contribution is -0.0512. The molecule has 1 aromatic heterocycles. The molecular formula is C21H26N2O6S. The molecule has 9 heteroatoms. The first-order chi connectivity index (χ1) is 13.9. The van der Waals surface area contributed by atoms with Crippen LogP contribution in [0.5, 0.6) is 5.75 Å². The molecule has 1 saturated heterocycles. The predicted molar refractivity (Wildman–Crippen MR) is 112 cm³/mol. The van der Waals surface area contributed by atoms with Crippen molar-refractivity contribution >= 4 is 15.9 Å². The van der Waals surface area contributed by atoms with Crippen molar-refractivity contribution in [2.24, 2.45) is 11.3 Å². The van der Waals surface area contributed by atoms with Crippen molar-refractivity contribution < 1.29 is 23.1 Å². The van der Waals surface area contributed by atoms with Crippen molar-refractivity contribution in [1.29, 1.82) is 0 Å². The number of aromatic nitrogens is 1. The fourth-order valence-corrected chi connectivity index (χ4v) is 4.55. The van der Waals surface area contributed by atoms with E-state index in [1.165, 1.54) is 27.7 Å². The van der Waals surface area contributed by atoms with Gasteiger partial charge in [-0.2, -0.15) is 0 Å². The Balaban J connectivity index is 1.71. The van der Waals surface area contributed by atoms with Crippen molar-refractivity contribution in [1.82, 2.24) is 9.47 Å². The van der Waals surface area contributed by atoms with E-state index in [1.807, 2.05) is 20.8 Å². The highest BCUT2D eigenvalue weighted by atomic mass is 32.2. The van der Waals surface area contributed by atoms with Gasteiger partial charge in [0.1, 0.15) is 5.75 Å². The molecule has 0 spiro atoms. The average molecular weight is 435 g/mol. The Morgan fingerprint density at radius 2 is 1.83 bits per heavy atom. The Morgan fingerprint density at radius 1 is 1.20 bits per heavy atom. The molecule has 1 aliphatic rings. The lowest BCUT2D eigenvalue weighted by Gasteiger charge is -2.52. The molecular weight excluding hydrogens is 408 g/mol. The molecule has 0 saturated carbocycles. The van der Waals surface area contributed by atoms with Crippen molar-refractivity contribution in [3.63, 3.8) is 0 Å². The fourth-order valence-electron chi connectivity index (χ4n) is 3.92. The van der Waals surface area contributed by atoms with E-state index in [0.717, 1.165) is 6.26 Å². The monoisotopic (exact) mass is 434 g/mol. The molecule has 1 fully saturated rings. The first-order valence-corrected chi connectivity index (χ1v) is 11.4. The average Bonchev–Trinajstić information content (AvgIpc) is 2.58. The van der Waals surface area contributed by atoms with Crippen LogP contribution in [0, 0.1) is 11.3 Å². The van der Waals surface area contributed by atoms with E-state index in [2.05, 4.69) is 0 Å². The molecule has 162 valence electrons. The minimum Gasteiger partial charge on any atom is -0.493 e. The second kappa shape index (κ2) is 7.79. The summed E-state index contributed by atoms with van der Waals surface area (Å²) in [5.74, 6) is 0.456. The Hall–Kier alpha value is -2.81. The minimum absolute atomic E-state index is 0.0482. The molecule has 3 rings (SSSR count). The van der Waals surface area contributed by atoms with Gasteiger partial charge in [-0.1, -0.05) is 20.8 Å². The SMILES string of the molecule is CC(C)(C)C1C(COc2ccn(-c3ccc(S(C)(=O)=O)cc3)c(=O)c2)CN1C(=O)O. The summed E-state index contributed by atoms with van der Waals surface area (Å²) in [7, 11) is -3.30. The van der Waals surface area contributed by atoms with Crippen LogP contribution in [-0.2, 0) is 9.84 Å². The molecule has 0 radical (unpaired) electrons. The van der Waals surface area contributed by atoms with Gasteiger partial charge >= 0.3 is 6.09 Å². The Kier molecular flexibility index (Phi) is 5.68. The van der Waals surface area contributed by atoms with Crippen LogP contribution in [0.1, 0.15) is 20.8 Å². The van der Waals surface area contributed by atoms with E-state index in [4.69, 9.17) is 4.74 Å². The molecule has 2 atom stereocenters. The number of hydrogen-bond donors (Lipinski definition) is 1. The molecule has 30 heavy (non-hydrogen) atoms. The molecule has 8 nitrogen and oxygen atoms in total. The summed E-state index contributed by atoms with van der Waals surface area (Å²) in [5, 5.41) is 9.31. The third-order valence-electron chi connectivity index (χ3n) is 5.24. The summed E-state index contributed by atoms with van der Waals surface area (Å²) in [6, 6.07) is 8.93. The molecule has 0 aliphatic carbocycles. The van der Waals surface area contributed by atoms with Gasteiger partial charge in [0.05, 0.1) is 11.5 Å². The molecule has 2 unspecified atom stereocenters. The first-order valence-electron chi connectivity index (χ1n) is 9.53. The van der Waals surface area contributed by atoms with Crippen LogP contribution in [0.3, 0.4) is 0 Å². The van der Waals surface area contributed by atoms with Crippen LogP contribution in [-0.4, -0.2) is 54.5 Å². The minimum atomic E-state index is -3.30. The Labute approximate surface area is 175 Å². The summed E-state index contributed by atoms with van der Waals surface area (Å²) in [5.41, 5.74) is 0.0160. The summed E-state index contributed by atoms with van der Waals surface area (Å²) in [4.78, 5) is 25.5. The third-order valence-corrected chi connectivity index (χ3v) is 6.37. The van der Waals surface area contributed by atoms with Crippen LogP contribution in [0.4, 0.5) is 4.79 Å². The van der Waals surface area contributed by atoms with E-state index in [9.17, 15) is 23.1 Å².